The standard InChI is InChI=1S/C36H59P/c1-3-5-7-9-11-13-15-17-19-21-23-33-25-29-35(30-26-33)37-36-31-27-34(28-32-36)24-22-20-18-16-14-12-10-8-6-4-2/h25-32,37H,3-24H2,1-2H3. The fourth-order valence-corrected chi connectivity index (χ4v) is 6.31. The van der Waals surface area contributed by atoms with Crippen molar-refractivity contribution in [3.05, 3.63) is 59.7 Å². The van der Waals surface area contributed by atoms with Crippen molar-refractivity contribution >= 4 is 19.2 Å². The molecule has 0 aliphatic rings. The van der Waals surface area contributed by atoms with Gasteiger partial charge in [0, 0.05) is 0 Å². The summed E-state index contributed by atoms with van der Waals surface area (Å²) in [6, 6.07) is 18.9. The van der Waals surface area contributed by atoms with E-state index in [-0.39, 0.29) is 0 Å². The van der Waals surface area contributed by atoms with Crippen LogP contribution in [0.4, 0.5) is 0 Å². The van der Waals surface area contributed by atoms with E-state index in [4.69, 9.17) is 0 Å². The third-order valence-corrected chi connectivity index (χ3v) is 9.08. The summed E-state index contributed by atoms with van der Waals surface area (Å²) in [5.41, 5.74) is 3.03. The van der Waals surface area contributed by atoms with Crippen LogP contribution in [-0.4, -0.2) is 0 Å². The summed E-state index contributed by atoms with van der Waals surface area (Å²) in [5, 5.41) is 2.93. The van der Waals surface area contributed by atoms with Crippen LogP contribution in [0.3, 0.4) is 0 Å². The van der Waals surface area contributed by atoms with Crippen molar-refractivity contribution in [2.45, 2.75) is 155 Å². The Morgan fingerprint density at radius 3 is 0.919 bits per heavy atom. The lowest BCUT2D eigenvalue weighted by atomic mass is 10.0. The number of hydrogen-bond donors (Lipinski definition) is 0. The second kappa shape index (κ2) is 22.8. The van der Waals surface area contributed by atoms with Crippen LogP contribution in [0.2, 0.25) is 0 Å². The molecule has 0 amide bonds. The molecule has 0 unspecified atom stereocenters. The first-order valence-electron chi connectivity index (χ1n) is 16.3. The summed E-state index contributed by atoms with van der Waals surface area (Å²) in [6.07, 6.45) is 30.8. The van der Waals surface area contributed by atoms with Crippen LogP contribution in [0.1, 0.15) is 153 Å². The average molecular weight is 523 g/mol. The van der Waals surface area contributed by atoms with Crippen LogP contribution in [0.5, 0.6) is 0 Å². The highest BCUT2D eigenvalue weighted by atomic mass is 31.1. The molecule has 0 spiro atoms. The number of rotatable bonds is 24. The van der Waals surface area contributed by atoms with Crippen LogP contribution in [0, 0.1) is 0 Å². The lowest BCUT2D eigenvalue weighted by molar-refractivity contribution is 0.556. The first-order chi connectivity index (χ1) is 18.3. The van der Waals surface area contributed by atoms with Crippen molar-refractivity contribution in [2.75, 3.05) is 0 Å². The third kappa shape index (κ3) is 17.1. The first kappa shape index (κ1) is 32.1. The van der Waals surface area contributed by atoms with Crippen LogP contribution >= 0.6 is 8.58 Å². The molecule has 2 aromatic carbocycles. The number of aryl methyl sites for hydroxylation is 2. The van der Waals surface area contributed by atoms with Gasteiger partial charge in [0.15, 0.2) is 0 Å². The lowest BCUT2D eigenvalue weighted by Crippen LogP contribution is -2.04. The van der Waals surface area contributed by atoms with E-state index in [1.54, 1.807) is 0 Å². The topological polar surface area (TPSA) is 0 Å². The van der Waals surface area contributed by atoms with Crippen molar-refractivity contribution < 1.29 is 0 Å². The van der Waals surface area contributed by atoms with Crippen molar-refractivity contribution in [3.8, 4) is 0 Å². The lowest BCUT2D eigenvalue weighted by Gasteiger charge is -2.07. The highest BCUT2D eigenvalue weighted by Crippen LogP contribution is 2.16. The highest BCUT2D eigenvalue weighted by molar-refractivity contribution is 7.55. The summed E-state index contributed by atoms with van der Waals surface area (Å²) in [4.78, 5) is 0. The monoisotopic (exact) mass is 522 g/mol. The largest absolute Gasteiger partial charge is 0.0654 e. The number of benzene rings is 2. The van der Waals surface area contributed by atoms with E-state index in [9.17, 15) is 0 Å². The average Bonchev–Trinajstić information content (AvgIpc) is 2.92. The molecule has 0 aromatic heterocycles. The molecular formula is C36H59P. The van der Waals surface area contributed by atoms with Gasteiger partial charge >= 0.3 is 0 Å². The Morgan fingerprint density at radius 1 is 0.351 bits per heavy atom. The second-order valence-corrected chi connectivity index (χ2v) is 12.8. The van der Waals surface area contributed by atoms with Crippen LogP contribution in [0.15, 0.2) is 48.5 Å². The van der Waals surface area contributed by atoms with Crippen LogP contribution in [0.25, 0.3) is 0 Å². The van der Waals surface area contributed by atoms with Gasteiger partial charge in [-0.15, -0.1) is 0 Å². The van der Waals surface area contributed by atoms with Gasteiger partial charge in [0.05, 0.1) is 0 Å². The quantitative estimate of drug-likeness (QED) is 0.0949. The molecule has 0 aliphatic carbocycles. The second-order valence-electron chi connectivity index (χ2n) is 11.4. The Morgan fingerprint density at radius 2 is 0.622 bits per heavy atom. The SMILES string of the molecule is CCCCCCCCCCCCc1ccc(Pc2ccc(CCCCCCCCCCCC)cc2)cc1. The molecule has 0 heterocycles. The molecule has 37 heavy (non-hydrogen) atoms. The Labute approximate surface area is 233 Å². The maximum Gasteiger partial charge on any atom is -0.0226 e. The van der Waals surface area contributed by atoms with Crippen LogP contribution in [-0.2, 0) is 12.8 Å². The highest BCUT2D eigenvalue weighted by Gasteiger charge is 2.01. The summed E-state index contributed by atoms with van der Waals surface area (Å²) in [6.45, 7) is 4.60. The van der Waals surface area contributed by atoms with Gasteiger partial charge in [0.25, 0.3) is 0 Å². The summed E-state index contributed by atoms with van der Waals surface area (Å²) < 4.78 is 0. The summed E-state index contributed by atoms with van der Waals surface area (Å²) in [5.74, 6) is 0. The molecule has 0 saturated heterocycles. The molecule has 1 heteroatoms. The fraction of sp³-hybridized carbons (Fsp3) is 0.667. The van der Waals surface area contributed by atoms with E-state index >= 15 is 0 Å². The Bertz CT molecular complexity index is 680. The maximum absolute atomic E-state index is 2.37. The Hall–Kier alpha value is -1.13. The van der Waals surface area contributed by atoms with E-state index < -0.39 is 0 Å². The first-order valence-corrected chi connectivity index (χ1v) is 17.3. The molecule has 0 saturated carbocycles. The van der Waals surface area contributed by atoms with Gasteiger partial charge < -0.3 is 0 Å². The predicted molar refractivity (Wildman–Crippen MR) is 172 cm³/mol. The van der Waals surface area contributed by atoms with Gasteiger partial charge in [-0.2, -0.15) is 0 Å². The molecule has 208 valence electrons. The maximum atomic E-state index is 2.37. The minimum atomic E-state index is 0.772. The molecule has 0 aliphatic heterocycles. The fourth-order valence-electron chi connectivity index (χ4n) is 5.31. The summed E-state index contributed by atoms with van der Waals surface area (Å²) in [7, 11) is 0.772. The van der Waals surface area contributed by atoms with Gasteiger partial charge in [0.1, 0.15) is 0 Å². The molecule has 2 rings (SSSR count). The molecular weight excluding hydrogens is 463 g/mol. The van der Waals surface area contributed by atoms with Crippen LogP contribution < -0.4 is 10.6 Å². The predicted octanol–water partition coefficient (Wildman–Crippen LogP) is 11.2. The molecule has 0 bridgehead atoms. The minimum absolute atomic E-state index is 0.772. The van der Waals surface area contributed by atoms with Gasteiger partial charge in [-0.3, -0.25) is 0 Å². The van der Waals surface area contributed by atoms with E-state index in [2.05, 4.69) is 62.4 Å². The molecule has 0 nitrogen and oxygen atoms in total. The van der Waals surface area contributed by atoms with E-state index in [1.807, 2.05) is 0 Å². The Balaban J connectivity index is 1.51. The van der Waals surface area contributed by atoms with Gasteiger partial charge in [-0.25, -0.2) is 0 Å². The molecule has 0 fully saturated rings. The third-order valence-electron chi connectivity index (χ3n) is 7.83. The zero-order valence-electron chi connectivity index (χ0n) is 24.7. The van der Waals surface area contributed by atoms with Crippen molar-refractivity contribution in [2.24, 2.45) is 0 Å². The van der Waals surface area contributed by atoms with Gasteiger partial charge in [-0.05, 0) is 47.4 Å². The zero-order valence-corrected chi connectivity index (χ0v) is 25.7. The molecule has 2 aromatic rings. The minimum Gasteiger partial charge on any atom is -0.0654 e. The van der Waals surface area contributed by atoms with Crippen molar-refractivity contribution in [3.63, 3.8) is 0 Å². The van der Waals surface area contributed by atoms with Crippen molar-refractivity contribution in [1.82, 2.24) is 0 Å². The zero-order chi connectivity index (χ0) is 26.2. The van der Waals surface area contributed by atoms with Gasteiger partial charge in [-0.1, -0.05) is 187 Å². The molecule has 0 N–H and O–H groups in total. The van der Waals surface area contributed by atoms with Gasteiger partial charge in [0.2, 0.25) is 0 Å². The molecule has 0 radical (unpaired) electrons. The number of hydrogen-bond acceptors (Lipinski definition) is 0. The molecule has 0 atom stereocenters. The van der Waals surface area contributed by atoms with Crippen molar-refractivity contribution in [1.29, 1.82) is 0 Å². The van der Waals surface area contributed by atoms with E-state index in [1.165, 1.54) is 163 Å². The smallest absolute Gasteiger partial charge is 0.0226 e. The van der Waals surface area contributed by atoms with E-state index in [0.717, 1.165) is 8.58 Å². The number of unbranched alkanes of at least 4 members (excludes halogenated alkanes) is 18. The normalized spacial score (nSPS) is 11.3. The summed E-state index contributed by atoms with van der Waals surface area (Å²) >= 11 is 0. The van der Waals surface area contributed by atoms with E-state index in [0.29, 0.717) is 0 Å². The Kier molecular flexibility index (Phi) is 19.8.